The molecule has 0 spiro atoms. The van der Waals surface area contributed by atoms with Gasteiger partial charge in [0.05, 0.1) is 28.0 Å². The first kappa shape index (κ1) is 77.2. The Bertz CT molecular complexity index is 5240. The fourth-order valence-corrected chi connectivity index (χ4v) is 18.1. The van der Waals surface area contributed by atoms with Gasteiger partial charge in [0, 0.05) is 119 Å². The third kappa shape index (κ3) is 16.5. The van der Waals surface area contributed by atoms with Crippen LogP contribution < -0.4 is 0 Å². The number of aliphatic hydroxyl groups excluding tert-OH is 4. The van der Waals surface area contributed by atoms with E-state index in [9.17, 15) is 54.0 Å². The van der Waals surface area contributed by atoms with Crippen LogP contribution in [0.5, 0.6) is 0 Å². The molecule has 0 amide bonds. The Hall–Kier alpha value is -9.97. The van der Waals surface area contributed by atoms with Gasteiger partial charge >= 0.3 is 35.8 Å². The van der Waals surface area contributed by atoms with Gasteiger partial charge in [-0.1, -0.05) is 123 Å². The standard InChI is InChI=1S/C30H29NO8S.C30H31NO7S.C23H23NO5S/c1-5-23-27(36-16(2)32)28(37-17(3)33)29(38-18(4)34)30(39-23)31-15-21(20-11-7-8-12-22(20)31)26(35)25-14-19-10-6-9-13-24(19)40-25;1-5-25-27(35-17(2)32)28(36-18(3)33)29(37-19(4)34)30(38-25)31-16-21(23-11-7-8-12-24(23)31)15-22-14-20-10-6-9-13-26(20)39-22;25-12-18-20(26)21(27)22(28)23(29-18)24-11-14(16-6-2-3-7-17(16)24)10-15-9-13-5-1-4-8-19(13)30-15/h6-15,23,27-30H,5H2,1-4H3;6-14,16,25,27-30H,5,15H2,1-4H3;1-9,11,18,20-23,25-28H,10,12H2/t23-,27-,28+,29-,30-;25-,27-,28+,29-,30-;18-,20-,21+,22-,23-/m111/s1. The van der Waals surface area contributed by atoms with Crippen molar-refractivity contribution in [2.75, 3.05) is 6.61 Å². The van der Waals surface area contributed by atoms with Crippen molar-refractivity contribution in [1.29, 1.82) is 0 Å². The van der Waals surface area contributed by atoms with Crippen molar-refractivity contribution in [3.63, 3.8) is 0 Å². The van der Waals surface area contributed by atoms with E-state index >= 15 is 0 Å². The number of benzene rings is 6. The molecule has 0 radical (unpaired) electrons. The average molecular weight is 1540 g/mol. The second-order valence-corrected chi connectivity index (χ2v) is 30.5. The molecule has 3 fully saturated rings. The van der Waals surface area contributed by atoms with Gasteiger partial charge in [-0.15, -0.1) is 34.0 Å². The van der Waals surface area contributed by atoms with Crippen LogP contribution in [0.15, 0.2) is 182 Å². The lowest BCUT2D eigenvalue weighted by molar-refractivity contribution is -0.262. The summed E-state index contributed by atoms with van der Waals surface area (Å²) >= 11 is 4.93. The predicted octanol–water partition coefficient (Wildman–Crippen LogP) is 13.2. The molecule has 0 aliphatic carbocycles. The maximum atomic E-state index is 13.8. The van der Waals surface area contributed by atoms with Crippen molar-refractivity contribution >= 4 is 139 Å². The van der Waals surface area contributed by atoms with Crippen molar-refractivity contribution in [2.45, 2.75) is 173 Å². The molecule has 4 N–H and O–H groups in total. The highest BCUT2D eigenvalue weighted by Gasteiger charge is 2.54. The van der Waals surface area contributed by atoms with Crippen molar-refractivity contribution < 1.29 is 96.6 Å². The molecule has 0 saturated carbocycles. The number of hydrogen-bond donors (Lipinski definition) is 4. The van der Waals surface area contributed by atoms with E-state index in [4.69, 9.17) is 42.6 Å². The van der Waals surface area contributed by atoms with E-state index < -0.39 is 134 Å². The van der Waals surface area contributed by atoms with Crippen molar-refractivity contribution in [1.82, 2.24) is 13.7 Å². The van der Waals surface area contributed by atoms with Gasteiger partial charge < -0.3 is 76.8 Å². The lowest BCUT2D eigenvalue weighted by Crippen LogP contribution is -2.59. The highest BCUT2D eigenvalue weighted by atomic mass is 32.1. The van der Waals surface area contributed by atoms with Crippen LogP contribution in [0.3, 0.4) is 0 Å². The number of hydrogen-bond acceptors (Lipinski definition) is 23. The summed E-state index contributed by atoms with van der Waals surface area (Å²) < 4.78 is 61.5. The molecule has 23 nitrogen and oxygen atoms in total. The second kappa shape index (κ2) is 33.5. The Morgan fingerprint density at radius 2 is 0.734 bits per heavy atom. The number of para-hydroxylation sites is 3. The number of ketones is 1. The zero-order chi connectivity index (χ0) is 77.1. The van der Waals surface area contributed by atoms with Gasteiger partial charge in [-0.05, 0) is 94.7 Å². The molecule has 3 aliphatic heterocycles. The maximum absolute atomic E-state index is 13.8. The molecule has 9 heterocycles. The second-order valence-electron chi connectivity index (χ2n) is 27.1. The number of ether oxygens (including phenoxy) is 9. The number of thiophene rings is 3. The van der Waals surface area contributed by atoms with E-state index in [1.807, 2.05) is 152 Å². The maximum Gasteiger partial charge on any atom is 0.303 e. The van der Waals surface area contributed by atoms with E-state index in [0.717, 1.165) is 49.4 Å². The zero-order valence-electron chi connectivity index (χ0n) is 60.9. The zero-order valence-corrected chi connectivity index (χ0v) is 63.4. The molecule has 3 aliphatic rings. The van der Waals surface area contributed by atoms with Crippen LogP contribution >= 0.6 is 34.0 Å². The molecule has 15 rings (SSSR count). The lowest BCUT2D eigenvalue weighted by atomic mass is 9.95. The summed E-state index contributed by atoms with van der Waals surface area (Å²) in [7, 11) is 0. The number of aliphatic hydroxyl groups is 4. The Labute approximate surface area is 638 Å². The SMILES string of the molecule is CC[C@H]1O[C@@H](n2cc(C(=O)c3cc4ccccc4s3)c3ccccc32)[C@H](OC(C)=O)[C@@H](OC(C)=O)[C@@H]1OC(C)=O.CC[C@H]1O[C@@H](n2cc(Cc3cc4ccccc4s3)c3ccccc32)[C@H](OC(C)=O)[C@@H](OC(C)=O)[C@@H]1OC(C)=O.OC[C@H]1O[C@@H](n2cc(Cc3cc4ccccc4s3)c3ccccc32)[C@H](O)[C@@H](O)[C@@H]1O. The monoisotopic (exact) mass is 1540 g/mol. The summed E-state index contributed by atoms with van der Waals surface area (Å²) in [5.41, 5.74) is 5.02. The van der Waals surface area contributed by atoms with Gasteiger partial charge in [0.2, 0.25) is 5.78 Å². The summed E-state index contributed by atoms with van der Waals surface area (Å²) in [4.78, 5) is 89.6. The Kier molecular flexibility index (Phi) is 23.7. The van der Waals surface area contributed by atoms with Crippen LogP contribution in [0, 0.1) is 0 Å². The third-order valence-electron chi connectivity index (χ3n) is 19.5. The molecular formula is C83H83N3O20S3. The molecule has 26 heteroatoms. The van der Waals surface area contributed by atoms with Gasteiger partial charge in [0.25, 0.3) is 0 Å². The van der Waals surface area contributed by atoms with Gasteiger partial charge in [-0.2, -0.15) is 0 Å². The predicted molar refractivity (Wildman–Crippen MR) is 411 cm³/mol. The third-order valence-corrected chi connectivity index (χ3v) is 22.8. The first-order valence-corrected chi connectivity index (χ1v) is 38.3. The fraction of sp³-hybridized carbons (Fsp3) is 0.337. The number of carbonyl (C=O) groups is 7. The van der Waals surface area contributed by atoms with E-state index in [2.05, 4.69) is 42.5 Å². The van der Waals surface area contributed by atoms with Gasteiger partial charge in [-0.3, -0.25) is 33.6 Å². The molecule has 568 valence electrons. The van der Waals surface area contributed by atoms with E-state index in [-0.39, 0.29) is 5.78 Å². The number of fused-ring (bicyclic) bond motifs is 6. The van der Waals surface area contributed by atoms with Crippen LogP contribution in [-0.2, 0) is 84.2 Å². The first-order chi connectivity index (χ1) is 52.5. The Morgan fingerprint density at radius 1 is 0.385 bits per heavy atom. The molecule has 6 aromatic heterocycles. The minimum Gasteiger partial charge on any atom is -0.456 e. The fourth-order valence-electron chi connectivity index (χ4n) is 14.9. The first-order valence-electron chi connectivity index (χ1n) is 35.9. The minimum absolute atomic E-state index is 0.155. The molecule has 15 atom stereocenters. The molecule has 3 saturated heterocycles. The summed E-state index contributed by atoms with van der Waals surface area (Å²) in [6.45, 7) is 10.8. The molecular weight excluding hydrogens is 1460 g/mol. The molecule has 0 bridgehead atoms. The molecule has 12 aromatic rings. The highest BCUT2D eigenvalue weighted by molar-refractivity contribution is 7.21. The van der Waals surface area contributed by atoms with Crippen LogP contribution in [-0.4, -0.2) is 156 Å². The number of aromatic nitrogens is 3. The van der Waals surface area contributed by atoms with E-state index in [0.29, 0.717) is 40.6 Å². The van der Waals surface area contributed by atoms with Gasteiger partial charge in [0.15, 0.2) is 55.3 Å². The smallest absolute Gasteiger partial charge is 0.303 e. The summed E-state index contributed by atoms with van der Waals surface area (Å²) in [6.07, 6.45) is -7.46. The lowest BCUT2D eigenvalue weighted by Gasteiger charge is -2.45. The summed E-state index contributed by atoms with van der Waals surface area (Å²) in [5.74, 6) is -3.70. The minimum atomic E-state index is -1.41. The van der Waals surface area contributed by atoms with Crippen LogP contribution in [0.25, 0.3) is 63.0 Å². The molecule has 6 aromatic carbocycles. The van der Waals surface area contributed by atoms with Crippen LogP contribution in [0.2, 0.25) is 0 Å². The van der Waals surface area contributed by atoms with E-state index in [1.54, 1.807) is 38.0 Å². The van der Waals surface area contributed by atoms with Crippen LogP contribution in [0.1, 0.15) is 123 Å². The van der Waals surface area contributed by atoms with Crippen molar-refractivity contribution in [3.8, 4) is 0 Å². The normalized spacial score (nSPS) is 24.0. The van der Waals surface area contributed by atoms with E-state index in [1.165, 1.54) is 82.8 Å². The van der Waals surface area contributed by atoms with Gasteiger partial charge in [-0.25, -0.2) is 0 Å². The summed E-state index contributed by atoms with van der Waals surface area (Å²) in [6, 6.07) is 53.8. The van der Waals surface area contributed by atoms with Gasteiger partial charge in [0.1, 0.15) is 36.6 Å². The van der Waals surface area contributed by atoms with Crippen molar-refractivity contribution in [3.05, 3.63) is 214 Å². The number of carbonyl (C=O) groups excluding carboxylic acids is 7. The summed E-state index contributed by atoms with van der Waals surface area (Å²) in [5, 5.41) is 46.6. The quantitative estimate of drug-likeness (QED) is 0.0352. The number of nitrogens with zero attached hydrogens (tertiary/aromatic N) is 3. The Morgan fingerprint density at radius 3 is 1.15 bits per heavy atom. The van der Waals surface area contributed by atoms with Crippen LogP contribution in [0.4, 0.5) is 0 Å². The number of esters is 6. The molecule has 109 heavy (non-hydrogen) atoms. The topological polar surface area (TPSA) is 298 Å². The number of rotatable bonds is 18. The average Bonchev–Trinajstić information content (AvgIpc) is 1.66. The Balaban J connectivity index is 0.000000145. The highest BCUT2D eigenvalue weighted by Crippen LogP contribution is 2.43. The molecule has 0 unspecified atom stereocenters. The van der Waals surface area contributed by atoms with Crippen molar-refractivity contribution in [2.24, 2.45) is 0 Å². The largest absolute Gasteiger partial charge is 0.456 e.